The van der Waals surface area contributed by atoms with Crippen LogP contribution in [-0.2, 0) is 23.0 Å². The lowest BCUT2D eigenvalue weighted by Crippen LogP contribution is -2.07. The number of hydrogen-bond donors (Lipinski definition) is 2. The molecule has 0 saturated heterocycles. The predicted octanol–water partition coefficient (Wildman–Crippen LogP) is 4.13. The van der Waals surface area contributed by atoms with Crippen LogP contribution in [0.4, 0.5) is 19.0 Å². The zero-order valence-corrected chi connectivity index (χ0v) is 14.6. The van der Waals surface area contributed by atoms with Gasteiger partial charge in [-0.25, -0.2) is 9.19 Å². The molecule has 3 rings (SSSR count). The first-order chi connectivity index (χ1) is 12.7. The van der Waals surface area contributed by atoms with E-state index in [4.69, 9.17) is 10.3 Å². The summed E-state index contributed by atoms with van der Waals surface area (Å²) in [6, 6.07) is 10.9. The van der Waals surface area contributed by atoms with Gasteiger partial charge in [0.2, 0.25) is 0 Å². The fraction of sp³-hybridized carbons (Fsp3) is 0.111. The maximum absolute atomic E-state index is 12.9. The Morgan fingerprint density at radius 2 is 1.70 bits per heavy atom. The summed E-state index contributed by atoms with van der Waals surface area (Å²) in [5, 5.41) is 0. The molecular formula is C18H14F3N3O2S. The van der Waals surface area contributed by atoms with Gasteiger partial charge in [0, 0.05) is 23.5 Å². The van der Waals surface area contributed by atoms with E-state index in [-0.39, 0.29) is 17.1 Å². The molecule has 2 heterocycles. The van der Waals surface area contributed by atoms with Crippen LogP contribution in [0, 0.1) is 0 Å². The minimum atomic E-state index is -4.56. The van der Waals surface area contributed by atoms with Gasteiger partial charge in [0.05, 0.1) is 5.75 Å². The van der Waals surface area contributed by atoms with Crippen LogP contribution in [-0.4, -0.2) is 18.7 Å². The van der Waals surface area contributed by atoms with Crippen LogP contribution >= 0.6 is 0 Å². The van der Waals surface area contributed by atoms with Gasteiger partial charge in [-0.2, -0.15) is 13.2 Å². The van der Waals surface area contributed by atoms with E-state index in [0.717, 1.165) is 17.8 Å². The number of benzene rings is 1. The highest BCUT2D eigenvalue weighted by Gasteiger charge is 2.32. The third-order valence-corrected chi connectivity index (χ3v) is 4.44. The largest absolute Gasteiger partial charge is 0.433 e. The van der Waals surface area contributed by atoms with Crippen LogP contribution in [0.25, 0.3) is 22.3 Å². The second-order valence-electron chi connectivity index (χ2n) is 5.75. The molecule has 140 valence electrons. The van der Waals surface area contributed by atoms with E-state index < -0.39 is 23.0 Å². The number of halogens is 3. The van der Waals surface area contributed by atoms with Gasteiger partial charge in [0.15, 0.2) is 11.1 Å². The van der Waals surface area contributed by atoms with Crippen molar-refractivity contribution in [3.8, 4) is 22.3 Å². The summed E-state index contributed by atoms with van der Waals surface area (Å²) < 4.78 is 58.5. The van der Waals surface area contributed by atoms with E-state index in [1.807, 2.05) is 0 Å². The van der Waals surface area contributed by atoms with Crippen molar-refractivity contribution in [2.45, 2.75) is 11.9 Å². The van der Waals surface area contributed by atoms with Crippen molar-refractivity contribution in [3.05, 3.63) is 66.1 Å². The Kier molecular flexibility index (Phi) is 5.24. The van der Waals surface area contributed by atoms with E-state index in [1.165, 1.54) is 12.3 Å². The molecule has 0 saturated carbocycles. The molecule has 3 N–H and O–H groups in total. The Bertz CT molecular complexity index is 992. The van der Waals surface area contributed by atoms with Gasteiger partial charge in [-0.1, -0.05) is 24.3 Å². The molecule has 0 radical (unpaired) electrons. The minimum absolute atomic E-state index is 0.0166. The molecule has 9 heteroatoms. The Labute approximate surface area is 155 Å². The summed E-state index contributed by atoms with van der Waals surface area (Å²) in [6.45, 7) is 0. The lowest BCUT2D eigenvalue weighted by Gasteiger charge is -2.11. The fourth-order valence-corrected chi connectivity index (χ4v) is 3.03. The Hall–Kier alpha value is -2.78. The number of nitrogen functional groups attached to an aromatic ring is 1. The first kappa shape index (κ1) is 19.0. The molecule has 0 spiro atoms. The summed E-state index contributed by atoms with van der Waals surface area (Å²) in [7, 11) is 0. The molecule has 1 unspecified atom stereocenters. The van der Waals surface area contributed by atoms with Crippen molar-refractivity contribution >= 4 is 16.9 Å². The van der Waals surface area contributed by atoms with Crippen molar-refractivity contribution in [1.82, 2.24) is 9.97 Å². The van der Waals surface area contributed by atoms with Gasteiger partial charge >= 0.3 is 6.18 Å². The van der Waals surface area contributed by atoms with Gasteiger partial charge in [0.25, 0.3) is 0 Å². The summed E-state index contributed by atoms with van der Waals surface area (Å²) in [4.78, 5) is 7.43. The molecular weight excluding hydrogens is 379 g/mol. The van der Waals surface area contributed by atoms with Crippen LogP contribution in [0.2, 0.25) is 0 Å². The monoisotopic (exact) mass is 393 g/mol. The highest BCUT2D eigenvalue weighted by Crippen LogP contribution is 2.33. The van der Waals surface area contributed by atoms with E-state index in [9.17, 15) is 17.4 Å². The number of nitrogens with two attached hydrogens (primary N) is 1. The third kappa shape index (κ3) is 4.50. The average Bonchev–Trinajstić information content (AvgIpc) is 2.62. The van der Waals surface area contributed by atoms with Crippen molar-refractivity contribution in [2.24, 2.45) is 0 Å². The highest BCUT2D eigenvalue weighted by atomic mass is 32.2. The summed E-state index contributed by atoms with van der Waals surface area (Å²) >= 11 is -1.94. The molecule has 2 aromatic heterocycles. The molecule has 0 amide bonds. The summed E-state index contributed by atoms with van der Waals surface area (Å²) in [5.74, 6) is 0.119. The molecule has 0 fully saturated rings. The van der Waals surface area contributed by atoms with Crippen LogP contribution in [0.3, 0.4) is 0 Å². The molecule has 0 aliphatic rings. The lowest BCUT2D eigenvalue weighted by atomic mass is 10.0. The van der Waals surface area contributed by atoms with Crippen molar-refractivity contribution in [2.75, 3.05) is 5.73 Å². The van der Waals surface area contributed by atoms with Crippen LogP contribution in [0.1, 0.15) is 11.3 Å². The lowest BCUT2D eigenvalue weighted by molar-refractivity contribution is -0.141. The van der Waals surface area contributed by atoms with E-state index in [1.54, 1.807) is 30.3 Å². The Morgan fingerprint density at radius 1 is 1.00 bits per heavy atom. The highest BCUT2D eigenvalue weighted by molar-refractivity contribution is 7.78. The third-order valence-electron chi connectivity index (χ3n) is 3.86. The van der Waals surface area contributed by atoms with E-state index in [0.29, 0.717) is 16.7 Å². The van der Waals surface area contributed by atoms with Gasteiger partial charge in [-0.05, 0) is 34.9 Å². The Balaban J connectivity index is 1.99. The zero-order valence-electron chi connectivity index (χ0n) is 13.8. The van der Waals surface area contributed by atoms with Gasteiger partial charge in [-0.3, -0.25) is 4.98 Å². The maximum Gasteiger partial charge on any atom is 0.433 e. The topological polar surface area (TPSA) is 89.1 Å². The number of nitrogens with zero attached hydrogens (tertiary/aromatic N) is 2. The summed E-state index contributed by atoms with van der Waals surface area (Å²) in [5.41, 5.74) is 7.57. The predicted molar refractivity (Wildman–Crippen MR) is 96.8 cm³/mol. The molecule has 1 atom stereocenters. The SMILES string of the molecule is Nc1ncc(-c2ccc(CS(=O)O)cc2)cc1-c1ccnc(C(F)(F)F)c1. The first-order valence-electron chi connectivity index (χ1n) is 7.70. The van der Waals surface area contributed by atoms with Crippen LogP contribution in [0.15, 0.2) is 54.9 Å². The second-order valence-corrected chi connectivity index (χ2v) is 6.68. The Morgan fingerprint density at radius 3 is 2.33 bits per heavy atom. The van der Waals surface area contributed by atoms with Crippen molar-refractivity contribution in [1.29, 1.82) is 0 Å². The molecule has 1 aromatic carbocycles. The number of hydrogen-bond acceptors (Lipinski definition) is 4. The molecule has 0 bridgehead atoms. The van der Waals surface area contributed by atoms with Gasteiger partial charge < -0.3 is 10.3 Å². The quantitative estimate of drug-likeness (QED) is 0.651. The van der Waals surface area contributed by atoms with Gasteiger partial charge in [-0.15, -0.1) is 0 Å². The molecule has 27 heavy (non-hydrogen) atoms. The molecule has 3 aromatic rings. The smallest absolute Gasteiger partial charge is 0.383 e. The maximum atomic E-state index is 12.9. The fourth-order valence-electron chi connectivity index (χ4n) is 2.55. The first-order valence-corrected chi connectivity index (χ1v) is 8.97. The normalized spacial score (nSPS) is 12.7. The molecule has 0 aliphatic carbocycles. The number of rotatable bonds is 4. The minimum Gasteiger partial charge on any atom is -0.383 e. The number of alkyl halides is 3. The van der Waals surface area contributed by atoms with Crippen molar-refractivity contribution < 1.29 is 21.9 Å². The zero-order chi connectivity index (χ0) is 19.6. The number of pyridine rings is 2. The average molecular weight is 393 g/mol. The van der Waals surface area contributed by atoms with Crippen LogP contribution < -0.4 is 5.73 Å². The summed E-state index contributed by atoms with van der Waals surface area (Å²) in [6.07, 6.45) is -1.96. The number of anilines is 1. The van der Waals surface area contributed by atoms with E-state index in [2.05, 4.69) is 9.97 Å². The molecule has 5 nitrogen and oxygen atoms in total. The standard InChI is InChI=1S/C18H14F3N3O2S/c19-18(20,21)16-8-13(5-6-23-16)15-7-14(9-24-17(15)22)12-3-1-11(2-4-12)10-27(25)26/h1-9H,10H2,(H2,22,24)(H,25,26). The van der Waals surface area contributed by atoms with Gasteiger partial charge in [0.1, 0.15) is 11.5 Å². The van der Waals surface area contributed by atoms with Crippen molar-refractivity contribution in [3.63, 3.8) is 0 Å². The second kappa shape index (κ2) is 7.45. The van der Waals surface area contributed by atoms with Crippen LogP contribution in [0.5, 0.6) is 0 Å². The molecule has 0 aliphatic heterocycles. The van der Waals surface area contributed by atoms with E-state index >= 15 is 0 Å². The number of aromatic nitrogens is 2.